The summed E-state index contributed by atoms with van der Waals surface area (Å²) in [4.78, 5) is 7.60. The summed E-state index contributed by atoms with van der Waals surface area (Å²) in [5.41, 5.74) is 3.07. The number of hydrogen-bond acceptors (Lipinski definition) is 3. The van der Waals surface area contributed by atoms with E-state index >= 15 is 0 Å². The van der Waals surface area contributed by atoms with Gasteiger partial charge in [-0.05, 0) is 50.6 Å². The minimum Gasteiger partial charge on any atom is -0.305 e. The van der Waals surface area contributed by atoms with Gasteiger partial charge in [0.25, 0.3) is 0 Å². The maximum atomic E-state index is 4.98. The number of hydrogen-bond donors (Lipinski definition) is 1. The van der Waals surface area contributed by atoms with Crippen molar-refractivity contribution in [3.63, 3.8) is 0 Å². The van der Waals surface area contributed by atoms with Gasteiger partial charge in [-0.3, -0.25) is 0 Å². The lowest BCUT2D eigenvalue weighted by Crippen LogP contribution is -2.43. The van der Waals surface area contributed by atoms with Gasteiger partial charge >= 0.3 is 0 Å². The standard InChI is InChI=1S/C12H24N2O/c1-10(11-3-4-11)9-14-7-5-12(6-8-14)13-15-2/h10-13H,3-9H2,1-2H3/t10-/m1/s1. The monoisotopic (exact) mass is 212 g/mol. The van der Waals surface area contributed by atoms with Crippen LogP contribution in [0, 0.1) is 11.8 Å². The lowest BCUT2D eigenvalue weighted by atomic mass is 10.0. The Kier molecular flexibility index (Phi) is 4.00. The molecule has 0 aromatic carbocycles. The van der Waals surface area contributed by atoms with Gasteiger partial charge in [-0.15, -0.1) is 0 Å². The fourth-order valence-corrected chi connectivity index (χ4v) is 2.62. The molecule has 2 fully saturated rings. The summed E-state index contributed by atoms with van der Waals surface area (Å²) in [6.07, 6.45) is 5.40. The predicted molar refractivity (Wildman–Crippen MR) is 61.5 cm³/mol. The Hall–Kier alpha value is -0.120. The lowest BCUT2D eigenvalue weighted by molar-refractivity contribution is 0.0339. The molecule has 1 saturated carbocycles. The van der Waals surface area contributed by atoms with E-state index < -0.39 is 0 Å². The van der Waals surface area contributed by atoms with E-state index in [1.54, 1.807) is 7.11 Å². The second-order valence-electron chi connectivity index (χ2n) is 5.21. The molecule has 0 radical (unpaired) electrons. The van der Waals surface area contributed by atoms with E-state index in [2.05, 4.69) is 17.3 Å². The highest BCUT2D eigenvalue weighted by atomic mass is 16.6. The second kappa shape index (κ2) is 5.28. The van der Waals surface area contributed by atoms with E-state index in [1.807, 2.05) is 0 Å². The van der Waals surface area contributed by atoms with Crippen molar-refractivity contribution in [2.75, 3.05) is 26.7 Å². The zero-order valence-corrected chi connectivity index (χ0v) is 10.0. The molecule has 1 N–H and O–H groups in total. The van der Waals surface area contributed by atoms with Crippen molar-refractivity contribution in [2.45, 2.75) is 38.6 Å². The average Bonchev–Trinajstić information content (AvgIpc) is 3.04. The molecule has 1 aliphatic heterocycles. The predicted octanol–water partition coefficient (Wildman–Crippen LogP) is 1.65. The van der Waals surface area contributed by atoms with Crippen molar-refractivity contribution < 1.29 is 4.84 Å². The van der Waals surface area contributed by atoms with Crippen molar-refractivity contribution in [1.82, 2.24) is 10.4 Å². The number of likely N-dealkylation sites (tertiary alicyclic amines) is 1. The van der Waals surface area contributed by atoms with E-state index in [0.29, 0.717) is 6.04 Å². The maximum absolute atomic E-state index is 4.98. The first kappa shape index (κ1) is 11.4. The van der Waals surface area contributed by atoms with Crippen molar-refractivity contribution in [3.05, 3.63) is 0 Å². The van der Waals surface area contributed by atoms with E-state index in [1.165, 1.54) is 45.3 Å². The Morgan fingerprint density at radius 1 is 1.27 bits per heavy atom. The number of nitrogens with one attached hydrogen (secondary N) is 1. The molecule has 0 unspecified atom stereocenters. The molecule has 0 aromatic rings. The quantitative estimate of drug-likeness (QED) is 0.701. The second-order valence-corrected chi connectivity index (χ2v) is 5.21. The molecule has 1 atom stereocenters. The van der Waals surface area contributed by atoms with Gasteiger partial charge in [0.05, 0.1) is 7.11 Å². The molecular weight excluding hydrogens is 188 g/mol. The summed E-state index contributed by atoms with van der Waals surface area (Å²) in [5, 5.41) is 0. The van der Waals surface area contributed by atoms with Gasteiger partial charge in [0, 0.05) is 12.6 Å². The summed E-state index contributed by atoms with van der Waals surface area (Å²) in [7, 11) is 1.71. The molecule has 3 nitrogen and oxygen atoms in total. The van der Waals surface area contributed by atoms with Gasteiger partial charge in [-0.25, -0.2) is 0 Å². The van der Waals surface area contributed by atoms with Gasteiger partial charge in [-0.1, -0.05) is 6.92 Å². The van der Waals surface area contributed by atoms with Crippen molar-refractivity contribution >= 4 is 0 Å². The van der Waals surface area contributed by atoms with Crippen LogP contribution in [0.25, 0.3) is 0 Å². The van der Waals surface area contributed by atoms with Crippen molar-refractivity contribution in [3.8, 4) is 0 Å². The van der Waals surface area contributed by atoms with E-state index in [4.69, 9.17) is 4.84 Å². The lowest BCUT2D eigenvalue weighted by Gasteiger charge is -2.33. The third-order valence-electron chi connectivity index (χ3n) is 3.85. The maximum Gasteiger partial charge on any atom is 0.0572 e. The summed E-state index contributed by atoms with van der Waals surface area (Å²) in [6, 6.07) is 0.572. The molecule has 1 heterocycles. The van der Waals surface area contributed by atoms with Crippen LogP contribution in [0.3, 0.4) is 0 Å². The Bertz CT molecular complexity index is 186. The zero-order valence-electron chi connectivity index (χ0n) is 10.0. The Morgan fingerprint density at radius 3 is 2.47 bits per heavy atom. The number of hydroxylamine groups is 1. The van der Waals surface area contributed by atoms with Crippen molar-refractivity contribution in [1.29, 1.82) is 0 Å². The van der Waals surface area contributed by atoms with Crippen LogP contribution in [0.5, 0.6) is 0 Å². The summed E-state index contributed by atoms with van der Waals surface area (Å²) >= 11 is 0. The first-order chi connectivity index (χ1) is 7.29. The van der Waals surface area contributed by atoms with E-state index in [9.17, 15) is 0 Å². The molecule has 0 spiro atoms. The number of nitrogens with zero attached hydrogens (tertiary/aromatic N) is 1. The third kappa shape index (κ3) is 3.44. The Morgan fingerprint density at radius 2 is 1.93 bits per heavy atom. The smallest absolute Gasteiger partial charge is 0.0572 e. The first-order valence-electron chi connectivity index (χ1n) is 6.30. The number of rotatable bonds is 5. The fraction of sp³-hybridized carbons (Fsp3) is 1.00. The molecule has 1 aliphatic carbocycles. The molecule has 2 aliphatic rings. The minimum atomic E-state index is 0.572. The molecule has 15 heavy (non-hydrogen) atoms. The fourth-order valence-electron chi connectivity index (χ4n) is 2.62. The summed E-state index contributed by atoms with van der Waals surface area (Å²) < 4.78 is 0. The molecule has 3 heteroatoms. The summed E-state index contributed by atoms with van der Waals surface area (Å²) in [6.45, 7) is 6.19. The van der Waals surface area contributed by atoms with Gasteiger partial charge < -0.3 is 9.74 Å². The normalized spacial score (nSPS) is 26.8. The van der Waals surface area contributed by atoms with Gasteiger partial charge in [-0.2, -0.15) is 5.48 Å². The van der Waals surface area contributed by atoms with Gasteiger partial charge in [0.1, 0.15) is 0 Å². The molecule has 0 bridgehead atoms. The van der Waals surface area contributed by atoms with Crippen LogP contribution in [0.4, 0.5) is 0 Å². The molecular formula is C12H24N2O. The highest BCUT2D eigenvalue weighted by Crippen LogP contribution is 2.37. The molecule has 0 amide bonds. The average molecular weight is 212 g/mol. The highest BCUT2D eigenvalue weighted by Gasteiger charge is 2.30. The molecule has 2 rings (SSSR count). The first-order valence-corrected chi connectivity index (χ1v) is 6.30. The van der Waals surface area contributed by atoms with E-state index in [0.717, 1.165) is 11.8 Å². The van der Waals surface area contributed by atoms with Crippen LogP contribution in [-0.2, 0) is 4.84 Å². The van der Waals surface area contributed by atoms with Crippen LogP contribution in [0.2, 0.25) is 0 Å². The Balaban J connectivity index is 1.64. The van der Waals surface area contributed by atoms with Crippen molar-refractivity contribution in [2.24, 2.45) is 11.8 Å². The van der Waals surface area contributed by atoms with E-state index in [-0.39, 0.29) is 0 Å². The van der Waals surface area contributed by atoms with Gasteiger partial charge in [0.15, 0.2) is 0 Å². The van der Waals surface area contributed by atoms with Crippen LogP contribution in [-0.4, -0.2) is 37.7 Å². The third-order valence-corrected chi connectivity index (χ3v) is 3.85. The molecule has 88 valence electrons. The summed E-state index contributed by atoms with van der Waals surface area (Å²) in [5.74, 6) is 1.96. The SMILES string of the molecule is CONC1CCN(C[C@@H](C)C2CC2)CC1. The largest absolute Gasteiger partial charge is 0.305 e. The van der Waals surface area contributed by atoms with Crippen LogP contribution < -0.4 is 5.48 Å². The van der Waals surface area contributed by atoms with Crippen LogP contribution in [0.15, 0.2) is 0 Å². The highest BCUT2D eigenvalue weighted by molar-refractivity contribution is 4.83. The zero-order chi connectivity index (χ0) is 10.7. The topological polar surface area (TPSA) is 24.5 Å². The molecule has 1 saturated heterocycles. The van der Waals surface area contributed by atoms with Gasteiger partial charge in [0.2, 0.25) is 0 Å². The van der Waals surface area contributed by atoms with Crippen LogP contribution >= 0.6 is 0 Å². The minimum absolute atomic E-state index is 0.572. The Labute approximate surface area is 93.1 Å². The number of piperidine rings is 1. The molecule has 0 aromatic heterocycles. The van der Waals surface area contributed by atoms with Crippen LogP contribution in [0.1, 0.15) is 32.6 Å².